The Morgan fingerprint density at radius 3 is 2.88 bits per heavy atom. The Morgan fingerprint density at radius 2 is 2.25 bits per heavy atom. The predicted octanol–water partition coefficient (Wildman–Crippen LogP) is 1.70. The van der Waals surface area contributed by atoms with Crippen molar-refractivity contribution < 1.29 is 0 Å². The highest BCUT2D eigenvalue weighted by Gasteiger charge is 2.21. The second kappa shape index (κ2) is 4.45. The monoisotopic (exact) mass is 222 g/mol. The molecule has 90 valence electrons. The van der Waals surface area contributed by atoms with Crippen LogP contribution in [0.1, 0.15) is 38.4 Å². The van der Waals surface area contributed by atoms with Gasteiger partial charge in [0.25, 0.3) is 0 Å². The molecule has 2 heterocycles. The first-order valence-electron chi connectivity index (χ1n) is 6.14. The van der Waals surface area contributed by atoms with Gasteiger partial charge in [-0.05, 0) is 33.6 Å². The van der Waals surface area contributed by atoms with Crippen molar-refractivity contribution in [3.63, 3.8) is 0 Å². The number of hydrogen-bond acceptors (Lipinski definition) is 3. The highest BCUT2D eigenvalue weighted by Crippen LogP contribution is 2.22. The van der Waals surface area contributed by atoms with Crippen LogP contribution in [0.25, 0.3) is 0 Å². The van der Waals surface area contributed by atoms with Gasteiger partial charge in [0.1, 0.15) is 0 Å². The molecule has 1 fully saturated rings. The van der Waals surface area contributed by atoms with Gasteiger partial charge in [-0.1, -0.05) is 0 Å². The molecule has 4 heteroatoms. The molecule has 0 bridgehead atoms. The average molecular weight is 222 g/mol. The lowest BCUT2D eigenvalue weighted by Crippen LogP contribution is -2.44. The summed E-state index contributed by atoms with van der Waals surface area (Å²) in [6.07, 6.45) is 4.43. The fourth-order valence-corrected chi connectivity index (χ4v) is 2.31. The van der Waals surface area contributed by atoms with Crippen molar-refractivity contribution in [2.75, 3.05) is 18.0 Å². The molecular weight excluding hydrogens is 200 g/mol. The molecule has 1 aliphatic heterocycles. The molecule has 0 saturated carbocycles. The molecule has 0 radical (unpaired) electrons. The van der Waals surface area contributed by atoms with Crippen LogP contribution >= 0.6 is 0 Å². The standard InChI is InChI=1S/C12H22N4/c1-9(2)16-7-10(3)14-12(16)15-6-4-5-11(13)8-15/h7,9,11H,4-6,8,13H2,1-3H3/t11-/m1/s1. The van der Waals surface area contributed by atoms with Gasteiger partial charge in [0.2, 0.25) is 5.95 Å². The van der Waals surface area contributed by atoms with Crippen molar-refractivity contribution in [1.29, 1.82) is 0 Å². The van der Waals surface area contributed by atoms with Crippen LogP contribution in [0.5, 0.6) is 0 Å². The van der Waals surface area contributed by atoms with E-state index in [1.807, 2.05) is 6.92 Å². The van der Waals surface area contributed by atoms with Crippen molar-refractivity contribution >= 4 is 5.95 Å². The van der Waals surface area contributed by atoms with E-state index in [0.717, 1.165) is 31.2 Å². The lowest BCUT2D eigenvalue weighted by molar-refractivity contribution is 0.485. The minimum absolute atomic E-state index is 0.298. The Labute approximate surface area is 97.4 Å². The third-order valence-corrected chi connectivity index (χ3v) is 3.13. The van der Waals surface area contributed by atoms with E-state index in [9.17, 15) is 0 Å². The number of aromatic nitrogens is 2. The summed E-state index contributed by atoms with van der Waals surface area (Å²) in [5, 5.41) is 0. The van der Waals surface area contributed by atoms with Crippen LogP contribution in [0.15, 0.2) is 6.20 Å². The highest BCUT2D eigenvalue weighted by atomic mass is 15.3. The van der Waals surface area contributed by atoms with Gasteiger partial charge in [0.05, 0.1) is 5.69 Å². The maximum absolute atomic E-state index is 6.02. The molecule has 0 aromatic carbocycles. The quantitative estimate of drug-likeness (QED) is 0.828. The summed E-state index contributed by atoms with van der Waals surface area (Å²) >= 11 is 0. The molecule has 1 atom stereocenters. The van der Waals surface area contributed by atoms with Crippen LogP contribution < -0.4 is 10.6 Å². The molecule has 1 aliphatic rings. The summed E-state index contributed by atoms with van der Waals surface area (Å²) in [6.45, 7) is 8.44. The Kier molecular flexibility index (Phi) is 3.19. The van der Waals surface area contributed by atoms with Crippen molar-refractivity contribution in [3.05, 3.63) is 11.9 Å². The van der Waals surface area contributed by atoms with E-state index in [2.05, 4.69) is 34.5 Å². The first-order valence-corrected chi connectivity index (χ1v) is 6.14. The van der Waals surface area contributed by atoms with E-state index in [-0.39, 0.29) is 0 Å². The van der Waals surface area contributed by atoms with Gasteiger partial charge in [0, 0.05) is 31.4 Å². The maximum Gasteiger partial charge on any atom is 0.206 e. The molecule has 2 N–H and O–H groups in total. The summed E-state index contributed by atoms with van der Waals surface area (Å²) in [6, 6.07) is 0.751. The third kappa shape index (κ3) is 2.21. The van der Waals surface area contributed by atoms with Gasteiger partial charge < -0.3 is 15.2 Å². The molecule has 1 aromatic heterocycles. The Balaban J connectivity index is 2.24. The molecule has 0 unspecified atom stereocenters. The molecule has 1 aromatic rings. The van der Waals surface area contributed by atoms with E-state index in [1.165, 1.54) is 6.42 Å². The normalized spacial score (nSPS) is 21.8. The first-order chi connectivity index (χ1) is 7.58. The number of imidazole rings is 1. The molecule has 0 aliphatic carbocycles. The highest BCUT2D eigenvalue weighted by molar-refractivity contribution is 5.35. The SMILES string of the molecule is Cc1cn(C(C)C)c(N2CCC[C@@H](N)C2)n1. The van der Waals surface area contributed by atoms with Crippen molar-refractivity contribution in [2.24, 2.45) is 5.73 Å². The van der Waals surface area contributed by atoms with E-state index in [0.29, 0.717) is 12.1 Å². The van der Waals surface area contributed by atoms with Crippen LogP contribution in [0, 0.1) is 6.92 Å². The van der Waals surface area contributed by atoms with E-state index < -0.39 is 0 Å². The van der Waals surface area contributed by atoms with Gasteiger partial charge in [0.15, 0.2) is 0 Å². The molecule has 16 heavy (non-hydrogen) atoms. The Bertz CT molecular complexity index is 356. The third-order valence-electron chi connectivity index (χ3n) is 3.13. The Morgan fingerprint density at radius 1 is 1.50 bits per heavy atom. The smallest absolute Gasteiger partial charge is 0.206 e. The van der Waals surface area contributed by atoms with E-state index >= 15 is 0 Å². The zero-order valence-corrected chi connectivity index (χ0v) is 10.5. The minimum atomic E-state index is 0.298. The largest absolute Gasteiger partial charge is 0.341 e. The first kappa shape index (κ1) is 11.5. The predicted molar refractivity (Wildman–Crippen MR) is 66.8 cm³/mol. The van der Waals surface area contributed by atoms with E-state index in [1.54, 1.807) is 0 Å². The van der Waals surface area contributed by atoms with Crippen molar-refractivity contribution in [1.82, 2.24) is 9.55 Å². The molecular formula is C12H22N4. The number of nitrogens with zero attached hydrogens (tertiary/aromatic N) is 3. The molecule has 0 amide bonds. The Hall–Kier alpha value is -1.03. The van der Waals surface area contributed by atoms with Crippen LogP contribution in [-0.2, 0) is 0 Å². The molecule has 1 saturated heterocycles. The van der Waals surface area contributed by atoms with Crippen LogP contribution in [-0.4, -0.2) is 28.7 Å². The van der Waals surface area contributed by atoms with Crippen molar-refractivity contribution in [3.8, 4) is 0 Å². The fraction of sp³-hybridized carbons (Fsp3) is 0.750. The summed E-state index contributed by atoms with van der Waals surface area (Å²) in [5.74, 6) is 1.09. The maximum atomic E-state index is 6.02. The van der Waals surface area contributed by atoms with Crippen LogP contribution in [0.4, 0.5) is 5.95 Å². The van der Waals surface area contributed by atoms with Crippen molar-refractivity contribution in [2.45, 2.75) is 45.7 Å². The number of aryl methyl sites for hydroxylation is 1. The minimum Gasteiger partial charge on any atom is -0.341 e. The van der Waals surface area contributed by atoms with Gasteiger partial charge in [-0.25, -0.2) is 4.98 Å². The lowest BCUT2D eigenvalue weighted by atomic mass is 10.1. The zero-order valence-electron chi connectivity index (χ0n) is 10.5. The van der Waals surface area contributed by atoms with Crippen LogP contribution in [0.2, 0.25) is 0 Å². The van der Waals surface area contributed by atoms with Gasteiger partial charge in [-0.2, -0.15) is 0 Å². The van der Waals surface area contributed by atoms with Gasteiger partial charge in [-0.3, -0.25) is 0 Å². The number of rotatable bonds is 2. The molecule has 2 rings (SSSR count). The summed E-state index contributed by atoms with van der Waals surface area (Å²) in [5.41, 5.74) is 7.10. The summed E-state index contributed by atoms with van der Waals surface area (Å²) in [7, 11) is 0. The summed E-state index contributed by atoms with van der Waals surface area (Å²) < 4.78 is 2.24. The number of hydrogen-bond donors (Lipinski definition) is 1. The second-order valence-corrected chi connectivity index (χ2v) is 5.03. The number of nitrogens with two attached hydrogens (primary N) is 1. The zero-order chi connectivity index (χ0) is 11.7. The van der Waals surface area contributed by atoms with E-state index in [4.69, 9.17) is 5.73 Å². The fourth-order valence-electron chi connectivity index (χ4n) is 2.31. The molecule has 0 spiro atoms. The number of piperidine rings is 1. The summed E-state index contributed by atoms with van der Waals surface area (Å²) in [4.78, 5) is 6.94. The number of anilines is 1. The second-order valence-electron chi connectivity index (χ2n) is 5.03. The molecule has 4 nitrogen and oxygen atoms in total. The van der Waals surface area contributed by atoms with Gasteiger partial charge in [-0.15, -0.1) is 0 Å². The average Bonchev–Trinajstić information content (AvgIpc) is 2.60. The topological polar surface area (TPSA) is 47.1 Å². The van der Waals surface area contributed by atoms with Crippen LogP contribution in [0.3, 0.4) is 0 Å². The lowest BCUT2D eigenvalue weighted by Gasteiger charge is -2.32. The van der Waals surface area contributed by atoms with Gasteiger partial charge >= 0.3 is 0 Å².